The Labute approximate surface area is 86.0 Å². The van der Waals surface area contributed by atoms with Crippen molar-refractivity contribution in [2.75, 3.05) is 12.8 Å². The molecule has 1 aromatic rings. The van der Waals surface area contributed by atoms with Crippen LogP contribution in [0.2, 0.25) is 0 Å². The Bertz CT molecular complexity index is 329. The highest BCUT2D eigenvalue weighted by Crippen LogP contribution is 2.23. The van der Waals surface area contributed by atoms with Crippen LogP contribution in [0.5, 0.6) is 0 Å². The van der Waals surface area contributed by atoms with Gasteiger partial charge in [-0.2, -0.15) is 0 Å². The summed E-state index contributed by atoms with van der Waals surface area (Å²) < 4.78 is 0. The van der Waals surface area contributed by atoms with Crippen molar-refractivity contribution < 1.29 is 0 Å². The minimum atomic E-state index is 0.872. The maximum atomic E-state index is 5.82. The lowest BCUT2D eigenvalue weighted by molar-refractivity contribution is 0.448. The first-order valence-electron chi connectivity index (χ1n) is 5.03. The van der Waals surface area contributed by atoms with Crippen molar-refractivity contribution in [1.82, 2.24) is 4.90 Å². The van der Waals surface area contributed by atoms with Gasteiger partial charge in [0.05, 0.1) is 0 Å². The molecule has 0 atom stereocenters. The molecule has 0 aliphatic carbocycles. The number of nitrogens with two attached hydrogens (primary N) is 1. The van der Waals surface area contributed by atoms with E-state index in [4.69, 9.17) is 5.73 Å². The van der Waals surface area contributed by atoms with Gasteiger partial charge in [-0.05, 0) is 23.9 Å². The van der Waals surface area contributed by atoms with Crippen molar-refractivity contribution in [3.8, 4) is 0 Å². The number of fused-ring (bicyclic) bond motifs is 1. The first-order chi connectivity index (χ1) is 6.77. The van der Waals surface area contributed by atoms with Crippen molar-refractivity contribution in [1.29, 1.82) is 0 Å². The highest BCUT2D eigenvalue weighted by molar-refractivity contribution is 5.68. The molecule has 0 saturated carbocycles. The number of anilines is 1. The molecule has 2 N–H and O–H groups in total. The SMILES string of the molecule is CC.CN1C=Cc2c(N)cccc2C1. The predicted octanol–water partition coefficient (Wildman–Crippen LogP) is 2.71. The number of nitrogens with zero attached hydrogens (tertiary/aromatic N) is 1. The van der Waals surface area contributed by atoms with Crippen LogP contribution in [0.3, 0.4) is 0 Å². The van der Waals surface area contributed by atoms with Gasteiger partial charge in [0.2, 0.25) is 0 Å². The number of nitrogen functional groups attached to an aromatic ring is 1. The first kappa shape index (κ1) is 10.6. The summed E-state index contributed by atoms with van der Waals surface area (Å²) >= 11 is 0. The normalized spacial score (nSPS) is 12.9. The molecule has 0 saturated heterocycles. The van der Waals surface area contributed by atoms with Gasteiger partial charge in [-0.3, -0.25) is 0 Å². The molecule has 1 heterocycles. The van der Waals surface area contributed by atoms with Crippen LogP contribution in [0.1, 0.15) is 25.0 Å². The van der Waals surface area contributed by atoms with E-state index in [2.05, 4.69) is 30.3 Å². The van der Waals surface area contributed by atoms with Gasteiger partial charge in [-0.25, -0.2) is 0 Å². The summed E-state index contributed by atoms with van der Waals surface area (Å²) in [5, 5.41) is 0. The lowest BCUT2D eigenvalue weighted by atomic mass is 10.0. The van der Waals surface area contributed by atoms with Gasteiger partial charge in [0.1, 0.15) is 0 Å². The van der Waals surface area contributed by atoms with Crippen molar-refractivity contribution in [2.45, 2.75) is 20.4 Å². The van der Waals surface area contributed by atoms with Gasteiger partial charge in [-0.15, -0.1) is 0 Å². The summed E-state index contributed by atoms with van der Waals surface area (Å²) in [5.41, 5.74) is 9.17. The molecule has 0 fully saturated rings. The molecular formula is C12H18N2. The molecule has 0 radical (unpaired) electrons. The second-order valence-corrected chi connectivity index (χ2v) is 3.15. The van der Waals surface area contributed by atoms with E-state index in [1.54, 1.807) is 0 Å². The van der Waals surface area contributed by atoms with Gasteiger partial charge >= 0.3 is 0 Å². The molecule has 0 unspecified atom stereocenters. The standard InChI is InChI=1S/C10H12N2.C2H6/c1-12-6-5-9-8(7-12)3-2-4-10(9)11;1-2/h2-6H,7,11H2,1H3;1-2H3. The third kappa shape index (κ3) is 2.08. The molecule has 1 aromatic carbocycles. The molecule has 0 amide bonds. The predicted molar refractivity (Wildman–Crippen MR) is 62.7 cm³/mol. The summed E-state index contributed by atoms with van der Waals surface area (Å²) in [5.74, 6) is 0. The van der Waals surface area contributed by atoms with E-state index in [0.29, 0.717) is 0 Å². The molecule has 1 aliphatic heterocycles. The van der Waals surface area contributed by atoms with Crippen LogP contribution in [0.4, 0.5) is 5.69 Å². The van der Waals surface area contributed by atoms with Crippen LogP contribution in [0.15, 0.2) is 24.4 Å². The zero-order valence-electron chi connectivity index (χ0n) is 9.12. The van der Waals surface area contributed by atoms with Crippen molar-refractivity contribution in [2.24, 2.45) is 0 Å². The Morgan fingerprint density at radius 1 is 1.29 bits per heavy atom. The van der Waals surface area contributed by atoms with E-state index in [1.165, 1.54) is 11.1 Å². The van der Waals surface area contributed by atoms with E-state index >= 15 is 0 Å². The average Bonchev–Trinajstić information content (AvgIpc) is 2.21. The van der Waals surface area contributed by atoms with Gasteiger partial charge in [0.15, 0.2) is 0 Å². The summed E-state index contributed by atoms with van der Waals surface area (Å²) in [7, 11) is 2.06. The number of rotatable bonds is 0. The average molecular weight is 190 g/mol. The molecule has 0 bridgehead atoms. The molecule has 2 heteroatoms. The topological polar surface area (TPSA) is 29.3 Å². The summed E-state index contributed by atoms with van der Waals surface area (Å²) in [6.45, 7) is 4.96. The molecular weight excluding hydrogens is 172 g/mol. The Balaban J connectivity index is 0.000000461. The summed E-state index contributed by atoms with van der Waals surface area (Å²) in [6, 6.07) is 6.06. The minimum Gasteiger partial charge on any atom is -0.398 e. The van der Waals surface area contributed by atoms with Crippen LogP contribution in [-0.2, 0) is 6.54 Å². The van der Waals surface area contributed by atoms with Gasteiger partial charge in [0, 0.05) is 24.8 Å². The quantitative estimate of drug-likeness (QED) is 0.637. The van der Waals surface area contributed by atoms with Crippen molar-refractivity contribution >= 4 is 11.8 Å². The molecule has 2 rings (SSSR count). The Morgan fingerprint density at radius 2 is 2.00 bits per heavy atom. The molecule has 0 aromatic heterocycles. The van der Waals surface area contributed by atoms with E-state index in [1.807, 2.05) is 26.0 Å². The third-order valence-electron chi connectivity index (χ3n) is 2.15. The molecule has 76 valence electrons. The largest absolute Gasteiger partial charge is 0.398 e. The Kier molecular flexibility index (Phi) is 3.57. The maximum absolute atomic E-state index is 5.82. The van der Waals surface area contributed by atoms with E-state index < -0.39 is 0 Å². The lowest BCUT2D eigenvalue weighted by Gasteiger charge is -2.21. The van der Waals surface area contributed by atoms with Gasteiger partial charge in [-0.1, -0.05) is 26.0 Å². The first-order valence-corrected chi connectivity index (χ1v) is 5.03. The number of hydrogen-bond acceptors (Lipinski definition) is 2. The van der Waals surface area contributed by atoms with Crippen molar-refractivity contribution in [3.05, 3.63) is 35.5 Å². The Morgan fingerprint density at radius 3 is 2.71 bits per heavy atom. The number of benzene rings is 1. The third-order valence-corrected chi connectivity index (χ3v) is 2.15. The fourth-order valence-electron chi connectivity index (χ4n) is 1.50. The van der Waals surface area contributed by atoms with Crippen LogP contribution in [0, 0.1) is 0 Å². The number of hydrogen-bond donors (Lipinski definition) is 1. The van der Waals surface area contributed by atoms with Crippen LogP contribution < -0.4 is 5.73 Å². The van der Waals surface area contributed by atoms with Crippen LogP contribution >= 0.6 is 0 Å². The zero-order valence-corrected chi connectivity index (χ0v) is 9.12. The van der Waals surface area contributed by atoms with Crippen LogP contribution in [-0.4, -0.2) is 11.9 Å². The van der Waals surface area contributed by atoms with Crippen LogP contribution in [0.25, 0.3) is 6.08 Å². The minimum absolute atomic E-state index is 0.872. The second-order valence-electron chi connectivity index (χ2n) is 3.15. The summed E-state index contributed by atoms with van der Waals surface area (Å²) in [6.07, 6.45) is 4.12. The molecule has 0 spiro atoms. The highest BCUT2D eigenvalue weighted by atomic mass is 15.1. The van der Waals surface area contributed by atoms with Gasteiger partial charge < -0.3 is 10.6 Å². The fraction of sp³-hybridized carbons (Fsp3) is 0.333. The smallest absolute Gasteiger partial charge is 0.0427 e. The zero-order chi connectivity index (χ0) is 10.6. The highest BCUT2D eigenvalue weighted by Gasteiger charge is 2.08. The molecule has 14 heavy (non-hydrogen) atoms. The second kappa shape index (κ2) is 4.70. The van der Waals surface area contributed by atoms with Crippen molar-refractivity contribution in [3.63, 3.8) is 0 Å². The van der Waals surface area contributed by atoms with Gasteiger partial charge in [0.25, 0.3) is 0 Å². The Hall–Kier alpha value is -1.44. The summed E-state index contributed by atoms with van der Waals surface area (Å²) in [4.78, 5) is 2.14. The lowest BCUT2D eigenvalue weighted by Crippen LogP contribution is -2.14. The maximum Gasteiger partial charge on any atom is 0.0427 e. The monoisotopic (exact) mass is 190 g/mol. The van der Waals surface area contributed by atoms with E-state index in [0.717, 1.165) is 12.2 Å². The molecule has 1 aliphatic rings. The molecule has 2 nitrogen and oxygen atoms in total. The van der Waals surface area contributed by atoms with E-state index in [-0.39, 0.29) is 0 Å². The van der Waals surface area contributed by atoms with E-state index in [9.17, 15) is 0 Å². The fourth-order valence-corrected chi connectivity index (χ4v) is 1.50.